The second-order valence-electron chi connectivity index (χ2n) is 6.17. The molecule has 0 radical (unpaired) electrons. The van der Waals surface area contributed by atoms with E-state index in [1.807, 2.05) is 29.6 Å². The smallest absolute Gasteiger partial charge is 0.238 e. The van der Waals surface area contributed by atoms with Crippen LogP contribution in [-0.4, -0.2) is 24.3 Å². The molecule has 1 heterocycles. The van der Waals surface area contributed by atoms with Gasteiger partial charge in [0.15, 0.2) is 5.11 Å². The zero-order valence-corrected chi connectivity index (χ0v) is 19.6. The highest BCUT2D eigenvalue weighted by molar-refractivity contribution is 9.10. The Hall–Kier alpha value is -2.31. The maximum Gasteiger partial charge on any atom is 0.238 e. The summed E-state index contributed by atoms with van der Waals surface area (Å²) in [6.07, 6.45) is 0. The molecule has 7 nitrogen and oxygen atoms in total. The first kappa shape index (κ1) is 22.4. The SMILES string of the molecule is C/C(=N\NC(=S)Nc1ccc(S(N)(=O)=O)cc1)c1csc(-c2ccc(Br)cc2)c1O. The molecule has 0 saturated heterocycles. The fourth-order valence-electron chi connectivity index (χ4n) is 2.50. The number of hydrazone groups is 1. The van der Waals surface area contributed by atoms with Gasteiger partial charge in [-0.15, -0.1) is 11.3 Å². The van der Waals surface area contributed by atoms with Gasteiger partial charge in [0.25, 0.3) is 0 Å². The van der Waals surface area contributed by atoms with Gasteiger partial charge in [0.05, 0.1) is 21.0 Å². The number of rotatable bonds is 5. The quantitative estimate of drug-likeness (QED) is 0.225. The van der Waals surface area contributed by atoms with Gasteiger partial charge in [0.1, 0.15) is 5.75 Å². The third kappa shape index (κ3) is 5.43. The van der Waals surface area contributed by atoms with Crippen LogP contribution in [0.1, 0.15) is 12.5 Å². The van der Waals surface area contributed by atoms with Gasteiger partial charge < -0.3 is 10.4 Å². The average molecular weight is 525 g/mol. The number of nitrogens with one attached hydrogen (secondary N) is 2. The molecule has 0 atom stereocenters. The number of halogens is 1. The average Bonchev–Trinajstić information content (AvgIpc) is 3.08. The summed E-state index contributed by atoms with van der Waals surface area (Å²) in [7, 11) is -3.75. The summed E-state index contributed by atoms with van der Waals surface area (Å²) in [6, 6.07) is 13.5. The summed E-state index contributed by atoms with van der Waals surface area (Å²) in [5, 5.41) is 24.8. The van der Waals surface area contributed by atoms with Crippen molar-refractivity contribution in [2.75, 3.05) is 5.32 Å². The Kier molecular flexibility index (Phi) is 6.88. The Morgan fingerprint density at radius 2 is 1.80 bits per heavy atom. The molecule has 0 amide bonds. The molecule has 0 spiro atoms. The standard InChI is InChI=1S/C19H17BrN4O3S3/c1-11(16-10-29-18(17(16)25)12-2-4-13(20)5-3-12)23-24-19(28)22-14-6-8-15(9-7-14)30(21,26)27/h2-10,25H,1H3,(H2,21,26,27)(H2,22,24,28)/b23-11+. The predicted octanol–water partition coefficient (Wildman–Crippen LogP) is 4.24. The van der Waals surface area contributed by atoms with Gasteiger partial charge in [-0.1, -0.05) is 28.1 Å². The van der Waals surface area contributed by atoms with E-state index in [1.165, 1.54) is 23.5 Å². The van der Waals surface area contributed by atoms with E-state index in [1.54, 1.807) is 19.1 Å². The number of anilines is 1. The van der Waals surface area contributed by atoms with Crippen molar-refractivity contribution in [1.29, 1.82) is 0 Å². The molecule has 1 aromatic heterocycles. The summed E-state index contributed by atoms with van der Waals surface area (Å²) in [5.74, 6) is 0.155. The molecule has 5 N–H and O–H groups in total. The van der Waals surface area contributed by atoms with E-state index in [0.29, 0.717) is 17.0 Å². The number of thiocarbonyl (C=S) groups is 1. The summed E-state index contributed by atoms with van der Waals surface area (Å²) in [6.45, 7) is 1.75. The molecule has 0 aliphatic rings. The molecule has 3 aromatic rings. The van der Waals surface area contributed by atoms with Gasteiger partial charge >= 0.3 is 0 Å². The lowest BCUT2D eigenvalue weighted by atomic mass is 10.1. The number of hydrogen-bond donors (Lipinski definition) is 4. The van der Waals surface area contributed by atoms with Gasteiger partial charge in [-0.2, -0.15) is 5.10 Å². The van der Waals surface area contributed by atoms with Crippen LogP contribution in [0.3, 0.4) is 0 Å². The number of nitrogens with zero attached hydrogens (tertiary/aromatic N) is 1. The van der Waals surface area contributed by atoms with E-state index in [-0.39, 0.29) is 15.8 Å². The van der Waals surface area contributed by atoms with Crippen LogP contribution >= 0.6 is 39.5 Å². The summed E-state index contributed by atoms with van der Waals surface area (Å²) in [4.78, 5) is 0.762. The van der Waals surface area contributed by atoms with E-state index < -0.39 is 10.0 Å². The van der Waals surface area contributed by atoms with Gasteiger partial charge in [-0.05, 0) is 61.1 Å². The molecule has 2 aromatic carbocycles. The highest BCUT2D eigenvalue weighted by Crippen LogP contribution is 2.39. The lowest BCUT2D eigenvalue weighted by Crippen LogP contribution is -2.25. The lowest BCUT2D eigenvalue weighted by Gasteiger charge is -2.08. The Morgan fingerprint density at radius 1 is 1.17 bits per heavy atom. The molecular weight excluding hydrogens is 508 g/mol. The summed E-state index contributed by atoms with van der Waals surface area (Å²) >= 11 is 10.0. The summed E-state index contributed by atoms with van der Waals surface area (Å²) in [5.41, 5.74) is 5.35. The first-order valence-corrected chi connectivity index (χ1v) is 12.1. The monoisotopic (exact) mass is 524 g/mol. The Morgan fingerprint density at radius 3 is 2.40 bits per heavy atom. The van der Waals surface area contributed by atoms with Gasteiger partial charge in [-0.3, -0.25) is 5.43 Å². The van der Waals surface area contributed by atoms with Crippen molar-refractivity contribution in [3.63, 3.8) is 0 Å². The second kappa shape index (κ2) is 9.23. The van der Waals surface area contributed by atoms with E-state index in [9.17, 15) is 13.5 Å². The van der Waals surface area contributed by atoms with Crippen molar-refractivity contribution in [1.82, 2.24) is 5.43 Å². The van der Waals surface area contributed by atoms with Crippen LogP contribution < -0.4 is 15.9 Å². The van der Waals surface area contributed by atoms with Crippen LogP contribution in [-0.2, 0) is 10.0 Å². The van der Waals surface area contributed by atoms with Crippen molar-refractivity contribution >= 4 is 66.0 Å². The van der Waals surface area contributed by atoms with Crippen molar-refractivity contribution < 1.29 is 13.5 Å². The molecule has 0 unspecified atom stereocenters. The van der Waals surface area contributed by atoms with Crippen molar-refractivity contribution in [2.24, 2.45) is 10.2 Å². The lowest BCUT2D eigenvalue weighted by molar-refractivity contribution is 0.478. The molecule has 0 aliphatic carbocycles. The maximum atomic E-state index is 11.3. The van der Waals surface area contributed by atoms with Crippen LogP contribution in [0.25, 0.3) is 10.4 Å². The Labute approximate surface area is 191 Å². The summed E-state index contributed by atoms with van der Waals surface area (Å²) < 4.78 is 23.5. The molecule has 0 bridgehead atoms. The second-order valence-corrected chi connectivity index (χ2v) is 9.93. The first-order chi connectivity index (χ1) is 14.1. The highest BCUT2D eigenvalue weighted by Gasteiger charge is 2.15. The predicted molar refractivity (Wildman–Crippen MR) is 129 cm³/mol. The molecule has 0 saturated carbocycles. The molecular formula is C19H17BrN4O3S3. The van der Waals surface area contributed by atoms with Crippen LogP contribution in [0.2, 0.25) is 0 Å². The number of thiophene rings is 1. The number of aromatic hydroxyl groups is 1. The van der Waals surface area contributed by atoms with Crippen LogP contribution in [0.5, 0.6) is 5.75 Å². The largest absolute Gasteiger partial charge is 0.506 e. The topological polar surface area (TPSA) is 117 Å². The van der Waals surface area contributed by atoms with E-state index in [0.717, 1.165) is 14.9 Å². The zero-order valence-electron chi connectivity index (χ0n) is 15.6. The Balaban J connectivity index is 1.67. The van der Waals surface area contributed by atoms with Crippen LogP contribution in [0.15, 0.2) is 68.4 Å². The number of sulfonamides is 1. The number of hydrogen-bond acceptors (Lipinski definition) is 6. The zero-order chi connectivity index (χ0) is 21.9. The number of benzene rings is 2. The van der Waals surface area contributed by atoms with Crippen molar-refractivity contribution in [3.05, 3.63) is 63.9 Å². The van der Waals surface area contributed by atoms with E-state index in [4.69, 9.17) is 17.4 Å². The number of nitrogens with two attached hydrogens (primary N) is 1. The number of primary sulfonamides is 1. The van der Waals surface area contributed by atoms with Gasteiger partial charge in [-0.25, -0.2) is 13.6 Å². The minimum absolute atomic E-state index is 0.00954. The first-order valence-electron chi connectivity index (χ1n) is 8.46. The third-order valence-electron chi connectivity index (χ3n) is 4.03. The molecule has 0 fully saturated rings. The van der Waals surface area contributed by atoms with Crippen LogP contribution in [0, 0.1) is 0 Å². The van der Waals surface area contributed by atoms with Gasteiger partial charge in [0, 0.05) is 15.5 Å². The maximum absolute atomic E-state index is 11.3. The minimum atomic E-state index is -3.75. The molecule has 156 valence electrons. The molecule has 3 rings (SSSR count). The van der Waals surface area contributed by atoms with Crippen molar-refractivity contribution in [3.8, 4) is 16.2 Å². The van der Waals surface area contributed by atoms with Crippen molar-refractivity contribution in [2.45, 2.75) is 11.8 Å². The molecule has 30 heavy (non-hydrogen) atoms. The highest BCUT2D eigenvalue weighted by atomic mass is 79.9. The third-order valence-corrected chi connectivity index (χ3v) is 6.70. The molecule has 0 aliphatic heterocycles. The van der Waals surface area contributed by atoms with Gasteiger partial charge in [0.2, 0.25) is 10.0 Å². The normalized spacial score (nSPS) is 11.9. The fourth-order valence-corrected chi connectivity index (χ4v) is 4.45. The Bertz CT molecular complexity index is 1200. The molecule has 11 heteroatoms. The minimum Gasteiger partial charge on any atom is -0.506 e. The fraction of sp³-hybridized carbons (Fsp3) is 0.0526. The van der Waals surface area contributed by atoms with E-state index in [2.05, 4.69) is 31.8 Å². The van der Waals surface area contributed by atoms with E-state index >= 15 is 0 Å². The van der Waals surface area contributed by atoms with Crippen LogP contribution in [0.4, 0.5) is 5.69 Å².